The van der Waals surface area contributed by atoms with Crippen molar-refractivity contribution in [2.24, 2.45) is 0 Å². The van der Waals surface area contributed by atoms with Crippen LogP contribution in [-0.4, -0.2) is 52.8 Å². The van der Waals surface area contributed by atoms with Crippen LogP contribution in [0.2, 0.25) is 0 Å². The molecule has 0 unspecified atom stereocenters. The Morgan fingerprint density at radius 2 is 2.04 bits per heavy atom. The predicted octanol–water partition coefficient (Wildman–Crippen LogP) is 3.49. The highest BCUT2D eigenvalue weighted by Crippen LogP contribution is 2.24. The van der Waals surface area contributed by atoms with Gasteiger partial charge in [-0.3, -0.25) is 0 Å². The quantitative estimate of drug-likeness (QED) is 0.574. The molecule has 1 fully saturated rings. The monoisotopic (exact) mass is 374 g/mol. The standard InChI is InChI=1S/C20H30N4OS/c1-14-12-17-18(13-15(14)2)23-19(22-17)8-10-24(16-6-4-5-7-16)20(26)21-9-11-25-3/h12-13,16H,4-11H2,1-3H3,(H,21,26)(H,22,23). The van der Waals surface area contributed by atoms with Crippen LogP contribution in [0.1, 0.15) is 42.6 Å². The molecular formula is C20H30N4OS. The van der Waals surface area contributed by atoms with Crippen molar-refractivity contribution in [1.82, 2.24) is 20.2 Å². The molecule has 142 valence electrons. The summed E-state index contributed by atoms with van der Waals surface area (Å²) in [5, 5.41) is 4.18. The van der Waals surface area contributed by atoms with E-state index in [0.717, 1.165) is 41.5 Å². The number of aryl methyl sites for hydroxylation is 2. The lowest BCUT2D eigenvalue weighted by Crippen LogP contribution is -2.46. The van der Waals surface area contributed by atoms with Crippen molar-refractivity contribution in [3.05, 3.63) is 29.1 Å². The minimum absolute atomic E-state index is 0.548. The number of hydrogen-bond acceptors (Lipinski definition) is 3. The average Bonchev–Trinajstić information content (AvgIpc) is 3.26. The Morgan fingerprint density at radius 1 is 1.31 bits per heavy atom. The number of ether oxygens (including phenoxy) is 1. The van der Waals surface area contributed by atoms with Gasteiger partial charge in [-0.1, -0.05) is 12.8 Å². The van der Waals surface area contributed by atoms with Gasteiger partial charge in [-0.2, -0.15) is 0 Å². The molecule has 1 aromatic carbocycles. The fourth-order valence-electron chi connectivity index (χ4n) is 3.69. The molecule has 0 bridgehead atoms. The van der Waals surface area contributed by atoms with Gasteiger partial charge in [0.2, 0.25) is 0 Å². The fraction of sp³-hybridized carbons (Fsp3) is 0.600. The zero-order valence-electron chi connectivity index (χ0n) is 16.1. The number of nitrogens with zero attached hydrogens (tertiary/aromatic N) is 2. The largest absolute Gasteiger partial charge is 0.383 e. The summed E-state index contributed by atoms with van der Waals surface area (Å²) in [6.07, 6.45) is 5.92. The maximum Gasteiger partial charge on any atom is 0.169 e. The van der Waals surface area contributed by atoms with E-state index in [0.29, 0.717) is 12.6 Å². The van der Waals surface area contributed by atoms with E-state index in [9.17, 15) is 0 Å². The molecule has 5 nitrogen and oxygen atoms in total. The highest BCUT2D eigenvalue weighted by Gasteiger charge is 2.24. The molecule has 6 heteroatoms. The molecule has 2 aromatic rings. The molecule has 0 atom stereocenters. The van der Waals surface area contributed by atoms with Gasteiger partial charge in [-0.05, 0) is 62.2 Å². The summed E-state index contributed by atoms with van der Waals surface area (Å²) in [5.41, 5.74) is 4.75. The number of benzene rings is 1. The number of rotatable bonds is 7. The van der Waals surface area contributed by atoms with Crippen LogP contribution < -0.4 is 5.32 Å². The molecule has 0 spiro atoms. The van der Waals surface area contributed by atoms with Crippen molar-refractivity contribution in [2.45, 2.75) is 52.0 Å². The molecule has 1 saturated carbocycles. The molecule has 26 heavy (non-hydrogen) atoms. The first-order valence-electron chi connectivity index (χ1n) is 9.57. The molecule has 0 aliphatic heterocycles. The van der Waals surface area contributed by atoms with E-state index in [1.807, 2.05) is 0 Å². The maximum absolute atomic E-state index is 5.67. The van der Waals surface area contributed by atoms with Crippen LogP contribution in [0.5, 0.6) is 0 Å². The van der Waals surface area contributed by atoms with E-state index in [-0.39, 0.29) is 0 Å². The van der Waals surface area contributed by atoms with Gasteiger partial charge >= 0.3 is 0 Å². The fourth-order valence-corrected chi connectivity index (χ4v) is 4.04. The number of aromatic amines is 1. The zero-order valence-corrected chi connectivity index (χ0v) is 16.9. The summed E-state index contributed by atoms with van der Waals surface area (Å²) >= 11 is 5.67. The molecule has 0 amide bonds. The number of hydrogen-bond donors (Lipinski definition) is 2. The molecule has 2 N–H and O–H groups in total. The van der Waals surface area contributed by atoms with Gasteiger partial charge < -0.3 is 19.9 Å². The topological polar surface area (TPSA) is 53.2 Å². The van der Waals surface area contributed by atoms with E-state index >= 15 is 0 Å². The zero-order chi connectivity index (χ0) is 18.5. The molecule has 1 aromatic heterocycles. The molecule has 1 aliphatic rings. The number of thiocarbonyl (C=S) groups is 1. The number of H-pyrrole nitrogens is 1. The van der Waals surface area contributed by atoms with Crippen LogP contribution in [0, 0.1) is 13.8 Å². The number of aromatic nitrogens is 2. The van der Waals surface area contributed by atoms with Crippen molar-refractivity contribution in [3.8, 4) is 0 Å². The van der Waals surface area contributed by atoms with E-state index in [4.69, 9.17) is 21.9 Å². The second kappa shape index (κ2) is 8.82. The molecule has 1 heterocycles. The van der Waals surface area contributed by atoms with Crippen molar-refractivity contribution in [1.29, 1.82) is 0 Å². The van der Waals surface area contributed by atoms with Crippen molar-refractivity contribution in [2.75, 3.05) is 26.8 Å². The second-order valence-corrected chi connectivity index (χ2v) is 7.63. The SMILES string of the molecule is COCCNC(=S)N(CCc1nc2cc(C)c(C)cc2[nH]1)C1CCCC1. The summed E-state index contributed by atoms with van der Waals surface area (Å²) in [5.74, 6) is 1.03. The second-order valence-electron chi connectivity index (χ2n) is 7.24. The number of fused-ring (bicyclic) bond motifs is 1. The van der Waals surface area contributed by atoms with Crippen LogP contribution in [0.25, 0.3) is 11.0 Å². The van der Waals surface area contributed by atoms with Gasteiger partial charge in [0.15, 0.2) is 5.11 Å². The third-order valence-electron chi connectivity index (χ3n) is 5.34. The molecular weight excluding hydrogens is 344 g/mol. The van der Waals surface area contributed by atoms with Crippen molar-refractivity contribution < 1.29 is 4.74 Å². The van der Waals surface area contributed by atoms with E-state index < -0.39 is 0 Å². The normalized spacial score (nSPS) is 14.9. The van der Waals surface area contributed by atoms with Crippen molar-refractivity contribution >= 4 is 28.4 Å². The summed E-state index contributed by atoms with van der Waals surface area (Å²) in [6, 6.07) is 4.90. The van der Waals surface area contributed by atoms with E-state index in [2.05, 4.69) is 41.2 Å². The first kappa shape index (κ1) is 19.1. The Morgan fingerprint density at radius 3 is 2.77 bits per heavy atom. The smallest absolute Gasteiger partial charge is 0.169 e. The van der Waals surface area contributed by atoms with E-state index in [1.54, 1.807) is 7.11 Å². The number of nitrogens with one attached hydrogen (secondary N) is 2. The lowest BCUT2D eigenvalue weighted by atomic mass is 10.1. The first-order chi connectivity index (χ1) is 12.6. The average molecular weight is 375 g/mol. The Balaban J connectivity index is 1.67. The minimum Gasteiger partial charge on any atom is -0.383 e. The first-order valence-corrected chi connectivity index (χ1v) is 9.98. The van der Waals surface area contributed by atoms with Gasteiger partial charge in [0.05, 0.1) is 17.6 Å². The molecule has 0 radical (unpaired) electrons. The lowest BCUT2D eigenvalue weighted by Gasteiger charge is -2.31. The van der Waals surface area contributed by atoms with Crippen LogP contribution in [-0.2, 0) is 11.2 Å². The van der Waals surface area contributed by atoms with Gasteiger partial charge in [-0.15, -0.1) is 0 Å². The van der Waals surface area contributed by atoms with Gasteiger partial charge in [-0.25, -0.2) is 4.98 Å². The summed E-state index contributed by atoms with van der Waals surface area (Å²) < 4.78 is 5.12. The lowest BCUT2D eigenvalue weighted by molar-refractivity contribution is 0.202. The molecule has 1 aliphatic carbocycles. The Bertz CT molecular complexity index is 713. The Labute approximate surface area is 161 Å². The number of methoxy groups -OCH3 is 1. The van der Waals surface area contributed by atoms with Crippen LogP contribution in [0.3, 0.4) is 0 Å². The van der Waals surface area contributed by atoms with Crippen LogP contribution in [0.4, 0.5) is 0 Å². The maximum atomic E-state index is 5.67. The molecule has 3 rings (SSSR count). The Kier molecular flexibility index (Phi) is 6.48. The predicted molar refractivity (Wildman–Crippen MR) is 111 cm³/mol. The van der Waals surface area contributed by atoms with Gasteiger partial charge in [0.25, 0.3) is 0 Å². The van der Waals surface area contributed by atoms with Crippen molar-refractivity contribution in [3.63, 3.8) is 0 Å². The van der Waals surface area contributed by atoms with Gasteiger partial charge in [0.1, 0.15) is 5.82 Å². The van der Waals surface area contributed by atoms with Crippen LogP contribution in [0.15, 0.2) is 12.1 Å². The highest BCUT2D eigenvalue weighted by atomic mass is 32.1. The third-order valence-corrected chi connectivity index (χ3v) is 5.72. The summed E-state index contributed by atoms with van der Waals surface area (Å²) in [4.78, 5) is 10.6. The molecule has 0 saturated heterocycles. The highest BCUT2D eigenvalue weighted by molar-refractivity contribution is 7.80. The summed E-state index contributed by atoms with van der Waals surface area (Å²) in [6.45, 7) is 6.58. The van der Waals surface area contributed by atoms with Crippen LogP contribution >= 0.6 is 12.2 Å². The van der Waals surface area contributed by atoms with Gasteiger partial charge in [0, 0.05) is 32.7 Å². The van der Waals surface area contributed by atoms with E-state index in [1.165, 1.54) is 36.8 Å². The summed E-state index contributed by atoms with van der Waals surface area (Å²) in [7, 11) is 1.71. The number of imidazole rings is 1. The minimum atomic E-state index is 0.548. The third kappa shape index (κ3) is 4.54. The Hall–Kier alpha value is -1.66.